The summed E-state index contributed by atoms with van der Waals surface area (Å²) in [5.41, 5.74) is 1.45. The molecule has 3 atom stereocenters. The van der Waals surface area contributed by atoms with Gasteiger partial charge in [0.05, 0.1) is 19.8 Å². The normalized spacial score (nSPS) is 17.0. The number of aromatic nitrogens is 3. The molecule has 0 fully saturated rings. The highest BCUT2D eigenvalue weighted by atomic mass is 16.6. The van der Waals surface area contributed by atoms with Crippen molar-refractivity contribution in [2.75, 3.05) is 28.4 Å². The molecule has 0 amide bonds. The second-order valence-corrected chi connectivity index (χ2v) is 9.77. The van der Waals surface area contributed by atoms with E-state index in [1.165, 1.54) is 19.3 Å². The molecular formula is C33H38N4O9. The number of nitrogens with zero attached hydrogens (tertiary/aromatic N) is 3. The SMILES string of the molecule is COC.COC(=O)C(C)OC1=CCC=C(c2nc(C3=CC=C(OC(C)C=O)C=CC3O)nc(-c3ccc(OC)cc3)n2)C(ON)=C1. The van der Waals surface area contributed by atoms with Gasteiger partial charge in [-0.2, -0.15) is 5.90 Å². The van der Waals surface area contributed by atoms with Gasteiger partial charge < -0.3 is 33.6 Å². The van der Waals surface area contributed by atoms with Gasteiger partial charge in [-0.25, -0.2) is 19.7 Å². The molecule has 3 unspecified atom stereocenters. The number of aliphatic hydroxyl groups is 1. The van der Waals surface area contributed by atoms with Gasteiger partial charge in [-0.3, -0.25) is 4.79 Å². The third kappa shape index (κ3) is 9.44. The van der Waals surface area contributed by atoms with Crippen molar-refractivity contribution >= 4 is 23.4 Å². The number of aliphatic hydroxyl groups excluding tert-OH is 1. The van der Waals surface area contributed by atoms with Crippen LogP contribution in [0.3, 0.4) is 0 Å². The topological polar surface area (TPSA) is 174 Å². The smallest absolute Gasteiger partial charge is 0.346 e. The molecule has 0 saturated carbocycles. The quantitative estimate of drug-likeness (QED) is 0.208. The van der Waals surface area contributed by atoms with Crippen LogP contribution in [0.5, 0.6) is 5.75 Å². The zero-order valence-electron chi connectivity index (χ0n) is 26.5. The van der Waals surface area contributed by atoms with Crippen LogP contribution in [0.15, 0.2) is 84.1 Å². The molecule has 0 aliphatic heterocycles. The molecule has 0 radical (unpaired) electrons. The van der Waals surface area contributed by atoms with Gasteiger partial charge in [0.15, 0.2) is 41.7 Å². The predicted octanol–water partition coefficient (Wildman–Crippen LogP) is 3.64. The standard InChI is InChI=1S/C31H32N4O8.C2H6O/c1-18(17-36)41-22-12-14-24(26(37)15-13-22)29-33-28(20-8-10-21(39-3)11-9-20)34-30(35-29)25-7-5-6-23(16-27(25)43-32)42-19(2)31(38)40-4;1-3-2/h6-19,26,37H,5,32H2,1-4H3;1-2H3. The maximum Gasteiger partial charge on any atom is 0.346 e. The van der Waals surface area contributed by atoms with Crippen molar-refractivity contribution in [2.24, 2.45) is 5.90 Å². The first-order valence-corrected chi connectivity index (χ1v) is 14.1. The number of esters is 1. The first kappa shape index (κ1) is 35.4. The maximum atomic E-state index is 11.9. The fourth-order valence-corrected chi connectivity index (χ4v) is 4.10. The summed E-state index contributed by atoms with van der Waals surface area (Å²) in [4.78, 5) is 42.2. The number of carbonyl (C=O) groups excluding carboxylic acids is 2. The Morgan fingerprint density at radius 3 is 2.26 bits per heavy atom. The number of allylic oxidation sites excluding steroid dienone is 7. The van der Waals surface area contributed by atoms with E-state index < -0.39 is 24.3 Å². The van der Waals surface area contributed by atoms with E-state index in [-0.39, 0.29) is 17.4 Å². The van der Waals surface area contributed by atoms with Crippen LogP contribution in [-0.4, -0.2) is 79.1 Å². The zero-order valence-corrected chi connectivity index (χ0v) is 26.5. The minimum atomic E-state index is -1.10. The van der Waals surface area contributed by atoms with Crippen LogP contribution in [0, 0.1) is 0 Å². The van der Waals surface area contributed by atoms with E-state index in [0.29, 0.717) is 52.5 Å². The number of rotatable bonds is 11. The van der Waals surface area contributed by atoms with Crippen molar-refractivity contribution in [1.29, 1.82) is 0 Å². The third-order valence-corrected chi connectivity index (χ3v) is 6.34. The lowest BCUT2D eigenvalue weighted by Crippen LogP contribution is -2.21. The van der Waals surface area contributed by atoms with Crippen LogP contribution in [0.25, 0.3) is 22.5 Å². The van der Waals surface area contributed by atoms with Crippen molar-refractivity contribution in [3.8, 4) is 17.1 Å². The molecule has 0 bridgehead atoms. The molecule has 46 heavy (non-hydrogen) atoms. The van der Waals surface area contributed by atoms with E-state index in [4.69, 9.17) is 34.7 Å². The summed E-state index contributed by atoms with van der Waals surface area (Å²) >= 11 is 0. The molecule has 2 aliphatic rings. The molecule has 1 heterocycles. The summed E-state index contributed by atoms with van der Waals surface area (Å²) in [6.45, 7) is 3.17. The van der Waals surface area contributed by atoms with E-state index in [0.717, 1.165) is 0 Å². The lowest BCUT2D eigenvalue weighted by atomic mass is 10.1. The average Bonchev–Trinajstić information content (AvgIpc) is 3.39. The molecule has 2 aliphatic carbocycles. The molecule has 3 N–H and O–H groups in total. The fraction of sp³-hybridized carbons (Fsp3) is 0.303. The fourth-order valence-electron chi connectivity index (χ4n) is 4.10. The van der Waals surface area contributed by atoms with Gasteiger partial charge in [0.1, 0.15) is 23.4 Å². The Kier molecular flexibility index (Phi) is 13.4. The summed E-state index contributed by atoms with van der Waals surface area (Å²) in [6, 6.07) is 7.14. The van der Waals surface area contributed by atoms with Crippen molar-refractivity contribution in [3.63, 3.8) is 0 Å². The van der Waals surface area contributed by atoms with Crippen LogP contribution in [-0.2, 0) is 33.4 Å². The van der Waals surface area contributed by atoms with E-state index in [2.05, 4.69) is 14.7 Å². The van der Waals surface area contributed by atoms with Crippen molar-refractivity contribution in [2.45, 2.75) is 38.6 Å². The second kappa shape index (κ2) is 17.4. The monoisotopic (exact) mass is 634 g/mol. The number of hydrogen-bond acceptors (Lipinski definition) is 13. The van der Waals surface area contributed by atoms with Gasteiger partial charge in [0.2, 0.25) is 0 Å². The van der Waals surface area contributed by atoms with E-state index in [9.17, 15) is 14.7 Å². The minimum Gasteiger partial charge on any atom is -0.497 e. The third-order valence-electron chi connectivity index (χ3n) is 6.34. The maximum absolute atomic E-state index is 11.9. The van der Waals surface area contributed by atoms with Crippen LogP contribution >= 0.6 is 0 Å². The number of hydrogen-bond donors (Lipinski definition) is 2. The van der Waals surface area contributed by atoms with Crippen LogP contribution in [0.4, 0.5) is 0 Å². The Bertz CT molecular complexity index is 1560. The highest BCUT2D eigenvalue weighted by molar-refractivity contribution is 5.78. The number of nitrogens with two attached hydrogens (primary N) is 1. The summed E-state index contributed by atoms with van der Waals surface area (Å²) in [6.07, 6.45) is 9.77. The van der Waals surface area contributed by atoms with Crippen molar-refractivity contribution in [1.82, 2.24) is 15.0 Å². The molecule has 2 aromatic rings. The molecule has 0 spiro atoms. The van der Waals surface area contributed by atoms with Crippen molar-refractivity contribution in [3.05, 3.63) is 95.7 Å². The Morgan fingerprint density at radius 1 is 0.957 bits per heavy atom. The molecular weight excluding hydrogens is 596 g/mol. The van der Waals surface area contributed by atoms with Crippen LogP contribution < -0.4 is 10.6 Å². The lowest BCUT2D eigenvalue weighted by molar-refractivity contribution is -0.150. The highest BCUT2D eigenvalue weighted by Gasteiger charge is 2.24. The Hall–Kier alpha value is -5.11. The predicted molar refractivity (Wildman–Crippen MR) is 169 cm³/mol. The summed E-state index contributed by atoms with van der Waals surface area (Å²) in [5, 5.41) is 11.0. The minimum absolute atomic E-state index is 0.173. The molecule has 0 saturated heterocycles. The number of benzene rings is 1. The molecule has 4 rings (SSSR count). The lowest BCUT2D eigenvalue weighted by Gasteiger charge is -2.15. The summed E-state index contributed by atoms with van der Waals surface area (Å²) in [5.74, 6) is 7.38. The van der Waals surface area contributed by atoms with Gasteiger partial charge in [-0.1, -0.05) is 6.08 Å². The molecule has 13 nitrogen and oxygen atoms in total. The molecule has 1 aromatic heterocycles. The summed E-state index contributed by atoms with van der Waals surface area (Å²) < 4.78 is 25.6. The van der Waals surface area contributed by atoms with Gasteiger partial charge in [-0.15, -0.1) is 0 Å². The van der Waals surface area contributed by atoms with Crippen LogP contribution in [0.1, 0.15) is 31.9 Å². The Balaban J connectivity index is 0.00000185. The van der Waals surface area contributed by atoms with Crippen molar-refractivity contribution < 1.29 is 43.2 Å². The van der Waals surface area contributed by atoms with Gasteiger partial charge in [0, 0.05) is 31.4 Å². The van der Waals surface area contributed by atoms with E-state index >= 15 is 0 Å². The Morgan fingerprint density at radius 2 is 1.63 bits per heavy atom. The first-order valence-electron chi connectivity index (χ1n) is 14.1. The summed E-state index contributed by atoms with van der Waals surface area (Å²) in [7, 11) is 6.10. The van der Waals surface area contributed by atoms with E-state index in [1.54, 1.807) is 89.8 Å². The van der Waals surface area contributed by atoms with E-state index in [1.807, 2.05) is 0 Å². The number of methoxy groups -OCH3 is 3. The number of aldehydes is 1. The Labute approximate surface area is 267 Å². The highest BCUT2D eigenvalue weighted by Crippen LogP contribution is 2.30. The number of ether oxygens (including phenoxy) is 5. The van der Waals surface area contributed by atoms with Crippen LogP contribution in [0.2, 0.25) is 0 Å². The van der Waals surface area contributed by atoms with Gasteiger partial charge in [-0.05, 0) is 74.9 Å². The van der Waals surface area contributed by atoms with Gasteiger partial charge in [0.25, 0.3) is 0 Å². The average molecular weight is 635 g/mol. The second-order valence-electron chi connectivity index (χ2n) is 9.77. The van der Waals surface area contributed by atoms with Gasteiger partial charge >= 0.3 is 5.97 Å². The molecule has 1 aromatic carbocycles. The number of carbonyl (C=O) groups is 2. The molecule has 13 heteroatoms. The molecule has 244 valence electrons. The first-order chi connectivity index (χ1) is 22.2. The largest absolute Gasteiger partial charge is 0.497 e. The zero-order chi connectivity index (χ0) is 33.6.